The predicted octanol–water partition coefficient (Wildman–Crippen LogP) is 2.04. The van der Waals surface area contributed by atoms with Crippen LogP contribution in [0, 0.1) is 0 Å². The van der Waals surface area contributed by atoms with Crippen molar-refractivity contribution in [1.82, 2.24) is 10.2 Å². The summed E-state index contributed by atoms with van der Waals surface area (Å²) in [6.45, 7) is 11.2. The van der Waals surface area contributed by atoms with Gasteiger partial charge in [-0.2, -0.15) is 0 Å². The first kappa shape index (κ1) is 17.4. The zero-order chi connectivity index (χ0) is 14.0. The molecule has 1 N–H and O–H groups in total. The lowest BCUT2D eigenvalue weighted by Crippen LogP contribution is -2.49. The van der Waals surface area contributed by atoms with Crippen molar-refractivity contribution in [3.63, 3.8) is 0 Å². The second kappa shape index (κ2) is 10.3. The van der Waals surface area contributed by atoms with Crippen LogP contribution in [-0.2, 0) is 9.53 Å². The Hall–Kier alpha value is -0.610. The summed E-state index contributed by atoms with van der Waals surface area (Å²) >= 11 is 0. The van der Waals surface area contributed by atoms with E-state index in [1.807, 2.05) is 6.92 Å². The van der Waals surface area contributed by atoms with Gasteiger partial charge in [0.1, 0.15) is 6.04 Å². The van der Waals surface area contributed by atoms with E-state index in [2.05, 4.69) is 31.0 Å². The molecular weight excluding hydrogens is 228 g/mol. The van der Waals surface area contributed by atoms with Gasteiger partial charge in [-0.1, -0.05) is 27.2 Å². The second-order valence-electron chi connectivity index (χ2n) is 4.74. The number of unbranched alkanes of at least 4 members (excludes halogenated alkanes) is 1. The number of nitrogens with zero attached hydrogens (tertiary/aromatic N) is 1. The Balaban J connectivity index is 4.51. The van der Waals surface area contributed by atoms with Gasteiger partial charge in [0.2, 0.25) is 0 Å². The normalized spacial score (nSPS) is 14.6. The number of carbonyl (C=O) groups excluding carboxylic acids is 1. The van der Waals surface area contributed by atoms with E-state index in [1.165, 1.54) is 20.0 Å². The fourth-order valence-electron chi connectivity index (χ4n) is 1.96. The third-order valence-electron chi connectivity index (χ3n) is 3.37. The summed E-state index contributed by atoms with van der Waals surface area (Å²) in [6, 6.07) is 0.285. The molecule has 0 radical (unpaired) electrons. The SMILES string of the molecule is CCCCN(CC(NCC)C(=O)OC)C(C)CC. The van der Waals surface area contributed by atoms with Crippen LogP contribution in [-0.4, -0.2) is 49.7 Å². The third-order valence-corrected chi connectivity index (χ3v) is 3.37. The fourth-order valence-corrected chi connectivity index (χ4v) is 1.96. The van der Waals surface area contributed by atoms with Gasteiger partial charge in [0, 0.05) is 12.6 Å². The molecule has 0 heterocycles. The number of nitrogens with one attached hydrogen (secondary N) is 1. The molecule has 4 nitrogen and oxygen atoms in total. The highest BCUT2D eigenvalue weighted by Gasteiger charge is 2.23. The van der Waals surface area contributed by atoms with Crippen LogP contribution in [0.3, 0.4) is 0 Å². The monoisotopic (exact) mass is 258 g/mol. The van der Waals surface area contributed by atoms with Gasteiger partial charge in [0.05, 0.1) is 7.11 Å². The van der Waals surface area contributed by atoms with Crippen LogP contribution in [0.15, 0.2) is 0 Å². The van der Waals surface area contributed by atoms with E-state index >= 15 is 0 Å². The molecule has 0 aromatic rings. The third kappa shape index (κ3) is 6.36. The molecule has 0 fully saturated rings. The highest BCUT2D eigenvalue weighted by Crippen LogP contribution is 2.07. The van der Waals surface area contributed by atoms with E-state index in [-0.39, 0.29) is 12.0 Å². The van der Waals surface area contributed by atoms with Gasteiger partial charge in [0.25, 0.3) is 0 Å². The molecule has 0 aliphatic rings. The van der Waals surface area contributed by atoms with Crippen LogP contribution in [0.25, 0.3) is 0 Å². The lowest BCUT2D eigenvalue weighted by molar-refractivity contribution is -0.143. The Kier molecular flexibility index (Phi) is 9.98. The summed E-state index contributed by atoms with van der Waals surface area (Å²) < 4.78 is 4.86. The van der Waals surface area contributed by atoms with Crippen molar-refractivity contribution in [1.29, 1.82) is 0 Å². The number of methoxy groups -OCH3 is 1. The Morgan fingerprint density at radius 3 is 2.44 bits per heavy atom. The highest BCUT2D eigenvalue weighted by atomic mass is 16.5. The first-order valence-corrected chi connectivity index (χ1v) is 7.15. The van der Waals surface area contributed by atoms with E-state index < -0.39 is 0 Å². The van der Waals surface area contributed by atoms with Crippen molar-refractivity contribution >= 4 is 5.97 Å². The predicted molar refractivity (Wildman–Crippen MR) is 75.7 cm³/mol. The Bertz CT molecular complexity index is 222. The van der Waals surface area contributed by atoms with Gasteiger partial charge in [-0.3, -0.25) is 9.69 Å². The summed E-state index contributed by atoms with van der Waals surface area (Å²) in [4.78, 5) is 14.1. The first-order chi connectivity index (χ1) is 8.60. The van der Waals surface area contributed by atoms with E-state index in [4.69, 9.17) is 4.74 Å². The average molecular weight is 258 g/mol. The minimum absolute atomic E-state index is 0.165. The molecule has 0 bridgehead atoms. The van der Waals surface area contributed by atoms with Crippen LogP contribution in [0.1, 0.15) is 47.0 Å². The lowest BCUT2D eigenvalue weighted by Gasteiger charge is -2.31. The zero-order valence-electron chi connectivity index (χ0n) is 12.7. The molecule has 0 saturated heterocycles. The molecule has 0 saturated carbocycles. The van der Waals surface area contributed by atoms with Crippen molar-refractivity contribution < 1.29 is 9.53 Å². The molecule has 0 aliphatic heterocycles. The molecular formula is C14H30N2O2. The van der Waals surface area contributed by atoms with Crippen LogP contribution >= 0.6 is 0 Å². The minimum Gasteiger partial charge on any atom is -0.468 e. The van der Waals surface area contributed by atoms with E-state index in [0.29, 0.717) is 6.04 Å². The van der Waals surface area contributed by atoms with E-state index in [9.17, 15) is 4.79 Å². The number of ether oxygens (including phenoxy) is 1. The van der Waals surface area contributed by atoms with Crippen molar-refractivity contribution in [2.24, 2.45) is 0 Å². The lowest BCUT2D eigenvalue weighted by atomic mass is 10.1. The summed E-state index contributed by atoms with van der Waals surface area (Å²) in [5, 5.41) is 3.20. The standard InChI is InChI=1S/C14H30N2O2/c1-6-9-10-16(12(4)7-2)11-13(15-8-3)14(17)18-5/h12-13,15H,6-11H2,1-5H3. The summed E-state index contributed by atoms with van der Waals surface area (Å²) in [6.07, 6.45) is 3.45. The number of hydrogen-bond acceptors (Lipinski definition) is 4. The first-order valence-electron chi connectivity index (χ1n) is 7.15. The fraction of sp³-hybridized carbons (Fsp3) is 0.929. The van der Waals surface area contributed by atoms with Gasteiger partial charge in [-0.15, -0.1) is 0 Å². The zero-order valence-corrected chi connectivity index (χ0v) is 12.7. The van der Waals surface area contributed by atoms with E-state index in [1.54, 1.807) is 0 Å². The quantitative estimate of drug-likeness (QED) is 0.609. The topological polar surface area (TPSA) is 41.6 Å². The molecule has 18 heavy (non-hydrogen) atoms. The van der Waals surface area contributed by atoms with Crippen molar-refractivity contribution in [2.75, 3.05) is 26.7 Å². The van der Waals surface area contributed by atoms with Crippen molar-refractivity contribution in [3.05, 3.63) is 0 Å². The highest BCUT2D eigenvalue weighted by molar-refractivity contribution is 5.75. The molecule has 0 amide bonds. The number of rotatable bonds is 10. The van der Waals surface area contributed by atoms with Crippen LogP contribution in [0.2, 0.25) is 0 Å². The van der Waals surface area contributed by atoms with Crippen molar-refractivity contribution in [2.45, 2.75) is 59.0 Å². The van der Waals surface area contributed by atoms with Gasteiger partial charge >= 0.3 is 5.97 Å². The maximum atomic E-state index is 11.7. The molecule has 2 atom stereocenters. The molecule has 0 aromatic heterocycles. The summed E-state index contributed by atoms with van der Waals surface area (Å²) in [5.41, 5.74) is 0. The van der Waals surface area contributed by atoms with Crippen LogP contribution < -0.4 is 5.32 Å². The average Bonchev–Trinajstić information content (AvgIpc) is 2.40. The van der Waals surface area contributed by atoms with Gasteiger partial charge < -0.3 is 10.1 Å². The maximum absolute atomic E-state index is 11.7. The smallest absolute Gasteiger partial charge is 0.324 e. The number of carbonyl (C=O) groups is 1. The Morgan fingerprint density at radius 1 is 1.33 bits per heavy atom. The molecule has 2 unspecified atom stereocenters. The largest absolute Gasteiger partial charge is 0.468 e. The number of esters is 1. The second-order valence-corrected chi connectivity index (χ2v) is 4.74. The molecule has 0 aliphatic carbocycles. The van der Waals surface area contributed by atoms with Gasteiger partial charge in [0.15, 0.2) is 0 Å². The molecule has 108 valence electrons. The van der Waals surface area contributed by atoms with E-state index in [0.717, 1.165) is 26.1 Å². The minimum atomic E-state index is -0.217. The summed E-state index contributed by atoms with van der Waals surface area (Å²) in [7, 11) is 1.45. The Labute approximate surface area is 112 Å². The Morgan fingerprint density at radius 2 is 2.00 bits per heavy atom. The van der Waals surface area contributed by atoms with Crippen LogP contribution in [0.5, 0.6) is 0 Å². The molecule has 0 aromatic carbocycles. The summed E-state index contributed by atoms with van der Waals surface area (Å²) in [5.74, 6) is -0.165. The van der Waals surface area contributed by atoms with Crippen LogP contribution in [0.4, 0.5) is 0 Å². The molecule has 0 rings (SSSR count). The van der Waals surface area contributed by atoms with Gasteiger partial charge in [-0.25, -0.2) is 0 Å². The van der Waals surface area contributed by atoms with Gasteiger partial charge in [-0.05, 0) is 32.9 Å². The van der Waals surface area contributed by atoms with Crippen molar-refractivity contribution in [3.8, 4) is 0 Å². The molecule has 0 spiro atoms. The number of likely N-dealkylation sites (N-methyl/N-ethyl adjacent to an activating group) is 1. The molecule has 4 heteroatoms. The maximum Gasteiger partial charge on any atom is 0.324 e. The number of hydrogen-bond donors (Lipinski definition) is 1.